The highest BCUT2D eigenvalue weighted by atomic mass is 79.9. The predicted octanol–water partition coefficient (Wildman–Crippen LogP) is 3.36. The highest BCUT2D eigenvalue weighted by molar-refractivity contribution is 9.10. The number of halogens is 1. The molecule has 1 aromatic rings. The standard InChI is InChI=1S/C14H22BrNO2/c1-4-5-13(10-17-2)16-9-11-8-12(15)6-7-14(11)18-3/h6-8,13,16H,4-5,9-10H2,1-3H3. The van der Waals surface area contributed by atoms with Gasteiger partial charge in [-0.3, -0.25) is 0 Å². The SMILES string of the molecule is CCCC(COC)NCc1cc(Br)ccc1OC. The van der Waals surface area contributed by atoms with Crippen molar-refractivity contribution in [1.82, 2.24) is 5.32 Å². The van der Waals surface area contributed by atoms with Crippen LogP contribution in [-0.4, -0.2) is 26.9 Å². The van der Waals surface area contributed by atoms with Crippen molar-refractivity contribution >= 4 is 15.9 Å². The molecule has 0 aromatic heterocycles. The van der Waals surface area contributed by atoms with Crippen molar-refractivity contribution in [3.8, 4) is 5.75 Å². The van der Waals surface area contributed by atoms with Crippen LogP contribution in [0.4, 0.5) is 0 Å². The lowest BCUT2D eigenvalue weighted by Crippen LogP contribution is -2.32. The molecule has 1 unspecified atom stereocenters. The fraction of sp³-hybridized carbons (Fsp3) is 0.571. The van der Waals surface area contributed by atoms with E-state index in [1.54, 1.807) is 14.2 Å². The third-order valence-electron chi connectivity index (χ3n) is 2.83. The molecule has 0 spiro atoms. The van der Waals surface area contributed by atoms with Crippen LogP contribution in [0.3, 0.4) is 0 Å². The first-order chi connectivity index (χ1) is 8.71. The summed E-state index contributed by atoms with van der Waals surface area (Å²) >= 11 is 3.49. The molecular formula is C14H22BrNO2. The molecule has 0 aliphatic rings. The summed E-state index contributed by atoms with van der Waals surface area (Å²) < 4.78 is 11.7. The second-order valence-electron chi connectivity index (χ2n) is 4.28. The van der Waals surface area contributed by atoms with Gasteiger partial charge >= 0.3 is 0 Å². The van der Waals surface area contributed by atoms with Crippen molar-refractivity contribution in [3.05, 3.63) is 28.2 Å². The van der Waals surface area contributed by atoms with Crippen molar-refractivity contribution in [2.45, 2.75) is 32.4 Å². The first-order valence-corrected chi connectivity index (χ1v) is 7.05. The second-order valence-corrected chi connectivity index (χ2v) is 5.19. The molecule has 1 atom stereocenters. The van der Waals surface area contributed by atoms with E-state index < -0.39 is 0 Å². The summed E-state index contributed by atoms with van der Waals surface area (Å²) in [6.45, 7) is 3.71. The van der Waals surface area contributed by atoms with Gasteiger partial charge in [-0.1, -0.05) is 29.3 Å². The van der Waals surface area contributed by atoms with E-state index in [1.165, 1.54) is 0 Å². The van der Waals surface area contributed by atoms with Gasteiger partial charge in [0.25, 0.3) is 0 Å². The molecule has 0 saturated carbocycles. The van der Waals surface area contributed by atoms with Crippen LogP contribution in [0.5, 0.6) is 5.75 Å². The molecule has 4 heteroatoms. The smallest absolute Gasteiger partial charge is 0.123 e. The average molecular weight is 316 g/mol. The molecule has 0 heterocycles. The molecule has 3 nitrogen and oxygen atoms in total. The zero-order valence-corrected chi connectivity index (χ0v) is 12.9. The van der Waals surface area contributed by atoms with E-state index in [2.05, 4.69) is 34.2 Å². The zero-order valence-electron chi connectivity index (χ0n) is 11.3. The van der Waals surface area contributed by atoms with Gasteiger partial charge in [0.05, 0.1) is 13.7 Å². The van der Waals surface area contributed by atoms with Gasteiger partial charge in [-0.15, -0.1) is 0 Å². The summed E-state index contributed by atoms with van der Waals surface area (Å²) in [6.07, 6.45) is 2.26. The van der Waals surface area contributed by atoms with Crippen molar-refractivity contribution in [3.63, 3.8) is 0 Å². The van der Waals surface area contributed by atoms with Crippen LogP contribution in [0.1, 0.15) is 25.3 Å². The van der Waals surface area contributed by atoms with Gasteiger partial charge in [-0.05, 0) is 24.6 Å². The maximum absolute atomic E-state index is 5.36. The summed E-state index contributed by atoms with van der Waals surface area (Å²) in [5.41, 5.74) is 1.16. The molecular weight excluding hydrogens is 294 g/mol. The molecule has 0 bridgehead atoms. The number of methoxy groups -OCH3 is 2. The van der Waals surface area contributed by atoms with Gasteiger partial charge in [0.15, 0.2) is 0 Å². The number of hydrogen-bond donors (Lipinski definition) is 1. The summed E-state index contributed by atoms with van der Waals surface area (Å²) in [7, 11) is 3.44. The largest absolute Gasteiger partial charge is 0.496 e. The van der Waals surface area contributed by atoms with Crippen molar-refractivity contribution in [1.29, 1.82) is 0 Å². The van der Waals surface area contributed by atoms with Crippen LogP contribution < -0.4 is 10.1 Å². The van der Waals surface area contributed by atoms with E-state index in [9.17, 15) is 0 Å². The molecule has 0 fully saturated rings. The highest BCUT2D eigenvalue weighted by Crippen LogP contribution is 2.22. The van der Waals surface area contributed by atoms with E-state index in [4.69, 9.17) is 9.47 Å². The fourth-order valence-corrected chi connectivity index (χ4v) is 2.34. The minimum atomic E-state index is 0.392. The van der Waals surface area contributed by atoms with Gasteiger partial charge in [-0.25, -0.2) is 0 Å². The molecule has 1 aromatic carbocycles. The summed E-state index contributed by atoms with van der Waals surface area (Å²) in [5, 5.41) is 3.51. The molecule has 0 saturated heterocycles. The van der Waals surface area contributed by atoms with Gasteiger partial charge in [0.1, 0.15) is 5.75 Å². The van der Waals surface area contributed by atoms with Gasteiger partial charge < -0.3 is 14.8 Å². The fourth-order valence-electron chi connectivity index (χ4n) is 1.93. The number of rotatable bonds is 8. The molecule has 1 rings (SSSR count). The number of ether oxygens (including phenoxy) is 2. The summed E-state index contributed by atoms with van der Waals surface area (Å²) in [6, 6.07) is 6.44. The van der Waals surface area contributed by atoms with E-state index in [0.717, 1.165) is 41.8 Å². The Morgan fingerprint density at radius 2 is 2.11 bits per heavy atom. The second kappa shape index (κ2) is 8.51. The lowest BCUT2D eigenvalue weighted by Gasteiger charge is -2.18. The zero-order chi connectivity index (χ0) is 13.4. The van der Waals surface area contributed by atoms with E-state index in [0.29, 0.717) is 6.04 Å². The van der Waals surface area contributed by atoms with Crippen LogP contribution in [-0.2, 0) is 11.3 Å². The van der Waals surface area contributed by atoms with Gasteiger partial charge in [0.2, 0.25) is 0 Å². The summed E-state index contributed by atoms with van der Waals surface area (Å²) in [4.78, 5) is 0. The van der Waals surface area contributed by atoms with E-state index >= 15 is 0 Å². The van der Waals surface area contributed by atoms with E-state index in [1.807, 2.05) is 12.1 Å². The molecule has 1 N–H and O–H groups in total. The third-order valence-corrected chi connectivity index (χ3v) is 3.32. The topological polar surface area (TPSA) is 30.5 Å². The van der Waals surface area contributed by atoms with Crippen molar-refractivity contribution in [2.24, 2.45) is 0 Å². The van der Waals surface area contributed by atoms with E-state index in [-0.39, 0.29) is 0 Å². The lowest BCUT2D eigenvalue weighted by molar-refractivity contribution is 0.161. The quantitative estimate of drug-likeness (QED) is 0.798. The highest BCUT2D eigenvalue weighted by Gasteiger charge is 2.09. The van der Waals surface area contributed by atoms with Crippen LogP contribution in [0.15, 0.2) is 22.7 Å². The first kappa shape index (κ1) is 15.5. The molecule has 102 valence electrons. The lowest BCUT2D eigenvalue weighted by atomic mass is 10.1. The Morgan fingerprint density at radius 1 is 1.33 bits per heavy atom. The predicted molar refractivity (Wildman–Crippen MR) is 78.1 cm³/mol. The molecule has 0 aliphatic carbocycles. The van der Waals surface area contributed by atoms with Crippen LogP contribution in [0.25, 0.3) is 0 Å². The maximum atomic E-state index is 5.36. The summed E-state index contributed by atoms with van der Waals surface area (Å²) in [5.74, 6) is 0.915. The molecule has 0 radical (unpaired) electrons. The minimum Gasteiger partial charge on any atom is -0.496 e. The van der Waals surface area contributed by atoms with Crippen LogP contribution in [0, 0.1) is 0 Å². The number of benzene rings is 1. The molecule has 0 amide bonds. The Hall–Kier alpha value is -0.580. The van der Waals surface area contributed by atoms with Crippen LogP contribution >= 0.6 is 15.9 Å². The number of nitrogens with one attached hydrogen (secondary N) is 1. The normalized spacial score (nSPS) is 12.4. The number of hydrogen-bond acceptors (Lipinski definition) is 3. The Labute approximate surface area is 118 Å². The Balaban J connectivity index is 2.62. The minimum absolute atomic E-state index is 0.392. The van der Waals surface area contributed by atoms with Crippen molar-refractivity contribution in [2.75, 3.05) is 20.8 Å². The maximum Gasteiger partial charge on any atom is 0.123 e. The average Bonchev–Trinajstić information content (AvgIpc) is 2.36. The van der Waals surface area contributed by atoms with Crippen LogP contribution in [0.2, 0.25) is 0 Å². The Bertz CT molecular complexity index is 352. The Kier molecular flexibility index (Phi) is 7.32. The van der Waals surface area contributed by atoms with Gasteiger partial charge in [-0.2, -0.15) is 0 Å². The molecule has 18 heavy (non-hydrogen) atoms. The third kappa shape index (κ3) is 4.96. The monoisotopic (exact) mass is 315 g/mol. The Morgan fingerprint density at radius 3 is 2.72 bits per heavy atom. The first-order valence-electron chi connectivity index (χ1n) is 6.26. The van der Waals surface area contributed by atoms with Gasteiger partial charge in [0, 0.05) is 29.7 Å². The van der Waals surface area contributed by atoms with Crippen molar-refractivity contribution < 1.29 is 9.47 Å². The molecule has 0 aliphatic heterocycles.